The molecule has 1 fully saturated rings. The van der Waals surface area contributed by atoms with Gasteiger partial charge in [-0.15, -0.1) is 0 Å². The molecule has 0 aliphatic carbocycles. The van der Waals surface area contributed by atoms with Gasteiger partial charge in [0, 0.05) is 17.9 Å². The van der Waals surface area contributed by atoms with Crippen LogP contribution in [0.5, 0.6) is 0 Å². The van der Waals surface area contributed by atoms with Crippen molar-refractivity contribution in [2.24, 2.45) is 11.0 Å². The van der Waals surface area contributed by atoms with Crippen LogP contribution < -0.4 is 0 Å². The summed E-state index contributed by atoms with van der Waals surface area (Å²) in [6.45, 7) is 0. The van der Waals surface area contributed by atoms with Crippen molar-refractivity contribution in [3.8, 4) is 0 Å². The Hall–Kier alpha value is -0.290. The van der Waals surface area contributed by atoms with Crippen molar-refractivity contribution in [2.75, 3.05) is 11.5 Å². The topological polar surface area (TPSA) is 30.2 Å². The molecule has 0 radical (unpaired) electrons. The molecule has 0 saturated carbocycles. The molecule has 0 amide bonds. The maximum absolute atomic E-state index is 4.25. The maximum Gasteiger partial charge on any atom is 0.0654 e. The Balaban J connectivity index is 1.96. The summed E-state index contributed by atoms with van der Waals surface area (Å²) in [7, 11) is 0. The summed E-state index contributed by atoms with van der Waals surface area (Å²) in [5, 5.41) is 8.29. The minimum atomic E-state index is 0.632. The first-order valence-electron chi connectivity index (χ1n) is 4.17. The van der Waals surface area contributed by atoms with E-state index in [2.05, 4.69) is 26.1 Å². The molecular weight excluding hydrogens is 250 g/mol. The quantitative estimate of drug-likeness (QED) is 0.763. The van der Waals surface area contributed by atoms with Gasteiger partial charge in [-0.3, -0.25) is 0 Å². The second-order valence-corrected chi connectivity index (χ2v) is 5.03. The molecule has 3 nitrogen and oxygen atoms in total. The molecule has 2 rings (SSSR count). The Morgan fingerprint density at radius 3 is 3.31 bits per heavy atom. The Morgan fingerprint density at radius 2 is 2.69 bits per heavy atom. The molecule has 0 N–H and O–H groups in total. The molecule has 13 heavy (non-hydrogen) atoms. The number of hydrogen-bond donors (Lipinski definition) is 0. The van der Waals surface area contributed by atoms with Crippen LogP contribution in [-0.4, -0.2) is 27.6 Å². The minimum absolute atomic E-state index is 0.632. The van der Waals surface area contributed by atoms with E-state index in [0.717, 1.165) is 4.47 Å². The lowest BCUT2D eigenvalue weighted by molar-refractivity contribution is 0.720. The minimum Gasteiger partial charge on any atom is -0.163 e. The van der Waals surface area contributed by atoms with Gasteiger partial charge in [0.15, 0.2) is 0 Å². The maximum atomic E-state index is 4.25. The Kier molecular flexibility index (Phi) is 3.05. The average Bonchev–Trinajstić information content (AvgIpc) is 2.71. The van der Waals surface area contributed by atoms with Crippen LogP contribution in [0.2, 0.25) is 0 Å². The smallest absolute Gasteiger partial charge is 0.0654 e. The van der Waals surface area contributed by atoms with Crippen LogP contribution in [0.3, 0.4) is 0 Å². The van der Waals surface area contributed by atoms with Gasteiger partial charge in [0.25, 0.3) is 0 Å². The van der Waals surface area contributed by atoms with Crippen molar-refractivity contribution in [3.05, 3.63) is 16.9 Å². The number of nitrogens with zero attached hydrogens (tertiary/aromatic N) is 3. The van der Waals surface area contributed by atoms with Crippen molar-refractivity contribution in [1.29, 1.82) is 0 Å². The lowest BCUT2D eigenvalue weighted by Gasteiger charge is -1.97. The van der Waals surface area contributed by atoms with Gasteiger partial charge in [-0.1, -0.05) is 0 Å². The fourth-order valence-corrected chi connectivity index (χ4v) is 2.65. The standard InChI is InChI=1S/C8H10BrN3S/c9-8-4-11-12(5-8)10-3-7-1-2-13-6-7/h3-5,7H,1-2,6H2/b10-3+. The highest BCUT2D eigenvalue weighted by molar-refractivity contribution is 9.10. The summed E-state index contributed by atoms with van der Waals surface area (Å²) >= 11 is 5.32. The predicted octanol–water partition coefficient (Wildman–Crippen LogP) is 2.23. The van der Waals surface area contributed by atoms with E-state index in [-0.39, 0.29) is 0 Å². The third kappa shape index (κ3) is 2.57. The van der Waals surface area contributed by atoms with E-state index in [1.807, 2.05) is 24.2 Å². The van der Waals surface area contributed by atoms with Gasteiger partial charge < -0.3 is 0 Å². The largest absolute Gasteiger partial charge is 0.163 e. The van der Waals surface area contributed by atoms with E-state index < -0.39 is 0 Å². The third-order valence-electron chi connectivity index (χ3n) is 1.90. The normalized spacial score (nSPS) is 23.0. The van der Waals surface area contributed by atoms with Crippen molar-refractivity contribution in [3.63, 3.8) is 0 Å². The summed E-state index contributed by atoms with van der Waals surface area (Å²) in [6, 6.07) is 0. The third-order valence-corrected chi connectivity index (χ3v) is 3.50. The van der Waals surface area contributed by atoms with E-state index in [1.54, 1.807) is 11.0 Å². The second kappa shape index (κ2) is 4.28. The summed E-state index contributed by atoms with van der Waals surface area (Å²) in [5.74, 6) is 3.10. The van der Waals surface area contributed by atoms with Gasteiger partial charge in [0.05, 0.1) is 16.9 Å². The lowest BCUT2D eigenvalue weighted by atomic mass is 10.1. The Bertz CT molecular complexity index is 304. The van der Waals surface area contributed by atoms with Gasteiger partial charge in [0.1, 0.15) is 0 Å². The highest BCUT2D eigenvalue weighted by Crippen LogP contribution is 2.21. The Labute approximate surface area is 89.7 Å². The predicted molar refractivity (Wildman–Crippen MR) is 59.2 cm³/mol. The average molecular weight is 260 g/mol. The molecular formula is C8H10BrN3S. The highest BCUT2D eigenvalue weighted by Gasteiger charge is 2.12. The molecule has 1 unspecified atom stereocenters. The van der Waals surface area contributed by atoms with E-state index in [0.29, 0.717) is 5.92 Å². The zero-order valence-corrected chi connectivity index (χ0v) is 9.46. The number of hydrogen-bond acceptors (Lipinski definition) is 3. The zero-order chi connectivity index (χ0) is 9.10. The van der Waals surface area contributed by atoms with Gasteiger partial charge in [-0.25, -0.2) is 0 Å². The van der Waals surface area contributed by atoms with Gasteiger partial charge in [0.2, 0.25) is 0 Å². The molecule has 0 bridgehead atoms. The first-order valence-corrected chi connectivity index (χ1v) is 6.12. The van der Waals surface area contributed by atoms with E-state index in [9.17, 15) is 0 Å². The zero-order valence-electron chi connectivity index (χ0n) is 7.06. The van der Waals surface area contributed by atoms with Gasteiger partial charge in [-0.05, 0) is 28.1 Å². The molecule has 1 atom stereocenters. The van der Waals surface area contributed by atoms with Crippen LogP contribution in [0.25, 0.3) is 0 Å². The number of thioether (sulfide) groups is 1. The van der Waals surface area contributed by atoms with Crippen molar-refractivity contribution < 1.29 is 0 Å². The van der Waals surface area contributed by atoms with Crippen LogP contribution in [0.1, 0.15) is 6.42 Å². The fraction of sp³-hybridized carbons (Fsp3) is 0.500. The van der Waals surface area contributed by atoms with Gasteiger partial charge in [-0.2, -0.15) is 26.8 Å². The number of rotatable bonds is 2. The monoisotopic (exact) mass is 259 g/mol. The van der Waals surface area contributed by atoms with Crippen LogP contribution in [-0.2, 0) is 0 Å². The van der Waals surface area contributed by atoms with Crippen LogP contribution in [0.4, 0.5) is 0 Å². The summed E-state index contributed by atoms with van der Waals surface area (Å²) in [6.07, 6.45) is 6.83. The van der Waals surface area contributed by atoms with Crippen molar-refractivity contribution in [1.82, 2.24) is 9.89 Å². The summed E-state index contributed by atoms with van der Waals surface area (Å²) < 4.78 is 0.963. The van der Waals surface area contributed by atoms with E-state index >= 15 is 0 Å². The number of aromatic nitrogens is 2. The van der Waals surface area contributed by atoms with Crippen LogP contribution in [0, 0.1) is 5.92 Å². The molecule has 0 spiro atoms. The Morgan fingerprint density at radius 1 is 1.77 bits per heavy atom. The summed E-state index contributed by atoms with van der Waals surface area (Å²) in [5.41, 5.74) is 0. The van der Waals surface area contributed by atoms with Crippen molar-refractivity contribution >= 4 is 33.9 Å². The molecule has 1 aliphatic heterocycles. The van der Waals surface area contributed by atoms with Crippen LogP contribution in [0.15, 0.2) is 22.0 Å². The SMILES string of the molecule is Brc1cnn(/N=C/C2CCSC2)c1. The molecule has 1 aliphatic rings. The van der Waals surface area contributed by atoms with Crippen LogP contribution >= 0.6 is 27.7 Å². The number of halogens is 1. The molecule has 2 heterocycles. The first-order chi connectivity index (χ1) is 6.34. The molecule has 70 valence electrons. The summed E-state index contributed by atoms with van der Waals surface area (Å²) in [4.78, 5) is 1.59. The second-order valence-electron chi connectivity index (χ2n) is 2.97. The first kappa shape index (κ1) is 9.27. The molecule has 1 aromatic heterocycles. The van der Waals surface area contributed by atoms with E-state index in [4.69, 9.17) is 0 Å². The fourth-order valence-electron chi connectivity index (χ4n) is 1.19. The molecule has 1 aromatic rings. The van der Waals surface area contributed by atoms with E-state index in [1.165, 1.54) is 17.9 Å². The molecule has 0 aromatic carbocycles. The van der Waals surface area contributed by atoms with Gasteiger partial charge >= 0.3 is 0 Å². The molecule has 5 heteroatoms. The molecule has 1 saturated heterocycles. The lowest BCUT2D eigenvalue weighted by Crippen LogP contribution is -2.01. The highest BCUT2D eigenvalue weighted by atomic mass is 79.9. The van der Waals surface area contributed by atoms with Crippen molar-refractivity contribution in [2.45, 2.75) is 6.42 Å².